The molecule has 0 heterocycles. The third-order valence-electron chi connectivity index (χ3n) is 1.96. The Morgan fingerprint density at radius 1 is 1.42 bits per heavy atom. The summed E-state index contributed by atoms with van der Waals surface area (Å²) in [6.07, 6.45) is -0.850. The minimum Gasteiger partial charge on any atom is -0.449 e. The van der Waals surface area contributed by atoms with Gasteiger partial charge in [-0.05, 0) is 13.0 Å². The lowest BCUT2D eigenvalue weighted by atomic mass is 10.2. The van der Waals surface area contributed by atoms with Gasteiger partial charge in [-0.3, -0.25) is 20.3 Å². The number of amides is 2. The Bertz CT molecular complexity index is 520. The molecule has 2 amide bonds. The van der Waals surface area contributed by atoms with E-state index in [0.29, 0.717) is 0 Å². The van der Waals surface area contributed by atoms with Crippen LogP contribution in [0.1, 0.15) is 17.3 Å². The number of hydrazine groups is 1. The molecule has 1 aromatic rings. The Morgan fingerprint density at radius 2 is 2.11 bits per heavy atom. The minimum atomic E-state index is -0.850. The van der Waals surface area contributed by atoms with E-state index in [1.165, 1.54) is 6.07 Å². The molecule has 1 rings (SSSR count). The summed E-state index contributed by atoms with van der Waals surface area (Å²) in [4.78, 5) is 32.5. The molecule has 9 heteroatoms. The van der Waals surface area contributed by atoms with Crippen LogP contribution in [-0.4, -0.2) is 23.5 Å². The van der Waals surface area contributed by atoms with Gasteiger partial charge >= 0.3 is 6.09 Å². The maximum Gasteiger partial charge on any atom is 0.426 e. The van der Waals surface area contributed by atoms with Gasteiger partial charge in [0.15, 0.2) is 0 Å². The number of rotatable bonds is 3. The zero-order chi connectivity index (χ0) is 14.4. The van der Waals surface area contributed by atoms with Gasteiger partial charge < -0.3 is 4.74 Å². The molecule has 0 aliphatic heterocycles. The van der Waals surface area contributed by atoms with Gasteiger partial charge in [0, 0.05) is 12.1 Å². The third-order valence-corrected chi connectivity index (χ3v) is 2.29. The first-order valence-corrected chi connectivity index (χ1v) is 5.50. The van der Waals surface area contributed by atoms with E-state index in [1.54, 1.807) is 6.92 Å². The van der Waals surface area contributed by atoms with E-state index < -0.39 is 16.9 Å². The van der Waals surface area contributed by atoms with Crippen molar-refractivity contribution in [1.29, 1.82) is 0 Å². The van der Waals surface area contributed by atoms with E-state index in [9.17, 15) is 19.7 Å². The smallest absolute Gasteiger partial charge is 0.426 e. The normalized spacial score (nSPS) is 9.58. The fourth-order valence-electron chi connectivity index (χ4n) is 1.14. The number of hydrogen-bond acceptors (Lipinski definition) is 5. The van der Waals surface area contributed by atoms with Crippen LogP contribution in [-0.2, 0) is 4.74 Å². The number of benzene rings is 1. The lowest BCUT2D eigenvalue weighted by Crippen LogP contribution is -2.42. The Hall–Kier alpha value is -2.35. The molecular formula is C10H10ClN3O5. The number of hydrogen-bond donors (Lipinski definition) is 2. The molecule has 102 valence electrons. The van der Waals surface area contributed by atoms with Gasteiger partial charge in [0.1, 0.15) is 0 Å². The van der Waals surface area contributed by atoms with Gasteiger partial charge in [0.25, 0.3) is 11.6 Å². The first kappa shape index (κ1) is 14.7. The van der Waals surface area contributed by atoms with Crippen LogP contribution in [0.2, 0.25) is 5.02 Å². The molecule has 2 N–H and O–H groups in total. The molecule has 0 radical (unpaired) electrons. The zero-order valence-corrected chi connectivity index (χ0v) is 10.6. The van der Waals surface area contributed by atoms with Crippen LogP contribution in [0.5, 0.6) is 0 Å². The van der Waals surface area contributed by atoms with Crippen molar-refractivity contribution in [3.05, 3.63) is 38.9 Å². The van der Waals surface area contributed by atoms with Gasteiger partial charge in [-0.2, -0.15) is 0 Å². The Kier molecular flexibility index (Phi) is 5.07. The highest BCUT2D eigenvalue weighted by Gasteiger charge is 2.16. The van der Waals surface area contributed by atoms with Gasteiger partial charge in [0.2, 0.25) is 0 Å². The maximum atomic E-state index is 11.7. The van der Waals surface area contributed by atoms with Crippen molar-refractivity contribution >= 4 is 29.3 Å². The molecule has 0 aliphatic carbocycles. The van der Waals surface area contributed by atoms with Crippen molar-refractivity contribution in [1.82, 2.24) is 10.9 Å². The summed E-state index contributed by atoms with van der Waals surface area (Å²) in [5.41, 5.74) is 3.57. The second kappa shape index (κ2) is 6.55. The average molecular weight is 288 g/mol. The largest absolute Gasteiger partial charge is 0.449 e. The summed E-state index contributed by atoms with van der Waals surface area (Å²) in [6, 6.07) is 3.39. The molecule has 1 aromatic carbocycles. The van der Waals surface area contributed by atoms with Crippen molar-refractivity contribution in [2.45, 2.75) is 6.92 Å². The number of nitrogens with zero attached hydrogens (tertiary/aromatic N) is 1. The van der Waals surface area contributed by atoms with Crippen molar-refractivity contribution in [2.24, 2.45) is 0 Å². The van der Waals surface area contributed by atoms with Crippen molar-refractivity contribution in [2.75, 3.05) is 6.61 Å². The Morgan fingerprint density at radius 3 is 2.68 bits per heavy atom. The molecule has 0 aromatic heterocycles. The number of carbonyl (C=O) groups excluding carboxylic acids is 2. The molecule has 0 spiro atoms. The van der Waals surface area contributed by atoms with Crippen LogP contribution in [0, 0.1) is 10.1 Å². The summed E-state index contributed by atoms with van der Waals surface area (Å²) < 4.78 is 4.51. The second-order valence-electron chi connectivity index (χ2n) is 3.22. The molecular weight excluding hydrogens is 278 g/mol. The highest BCUT2D eigenvalue weighted by Crippen LogP contribution is 2.21. The van der Waals surface area contributed by atoms with E-state index >= 15 is 0 Å². The number of halogens is 1. The first-order valence-electron chi connectivity index (χ1n) is 5.12. The second-order valence-corrected chi connectivity index (χ2v) is 3.63. The summed E-state index contributed by atoms with van der Waals surface area (Å²) in [5.74, 6) is -0.790. The molecule has 0 saturated carbocycles. The van der Waals surface area contributed by atoms with Crippen molar-refractivity contribution in [3.8, 4) is 0 Å². The maximum absolute atomic E-state index is 11.7. The molecule has 0 atom stereocenters. The van der Waals surface area contributed by atoms with Crippen molar-refractivity contribution in [3.63, 3.8) is 0 Å². The molecule has 19 heavy (non-hydrogen) atoms. The van der Waals surface area contributed by atoms with Crippen LogP contribution < -0.4 is 10.9 Å². The average Bonchev–Trinajstić information content (AvgIpc) is 2.36. The summed E-state index contributed by atoms with van der Waals surface area (Å²) >= 11 is 5.74. The predicted molar refractivity (Wildman–Crippen MR) is 65.7 cm³/mol. The summed E-state index contributed by atoms with van der Waals surface area (Å²) in [5, 5.41) is 10.6. The number of nitro groups is 1. The van der Waals surface area contributed by atoms with Crippen LogP contribution in [0.25, 0.3) is 0 Å². The van der Waals surface area contributed by atoms with Gasteiger partial charge in [-0.25, -0.2) is 10.2 Å². The molecule has 0 fully saturated rings. The third kappa shape index (κ3) is 4.11. The Labute approximate surface area is 112 Å². The first-order chi connectivity index (χ1) is 8.95. The van der Waals surface area contributed by atoms with E-state index in [1.807, 2.05) is 10.9 Å². The van der Waals surface area contributed by atoms with Gasteiger partial charge in [0.05, 0.1) is 22.1 Å². The van der Waals surface area contributed by atoms with Gasteiger partial charge in [-0.15, -0.1) is 0 Å². The lowest BCUT2D eigenvalue weighted by Gasteiger charge is -2.08. The number of nitro benzene ring substituents is 1. The predicted octanol–water partition coefficient (Wildman–Crippen LogP) is 1.64. The highest BCUT2D eigenvalue weighted by atomic mass is 35.5. The summed E-state index contributed by atoms with van der Waals surface area (Å²) in [6.45, 7) is 1.73. The van der Waals surface area contributed by atoms with E-state index in [-0.39, 0.29) is 22.9 Å². The molecule has 0 saturated heterocycles. The topological polar surface area (TPSA) is 111 Å². The zero-order valence-electron chi connectivity index (χ0n) is 9.81. The SMILES string of the molecule is CCOC(=O)NNC(=O)c1cc([N+](=O)[O-])ccc1Cl. The van der Waals surface area contributed by atoms with Crippen LogP contribution in [0.15, 0.2) is 18.2 Å². The lowest BCUT2D eigenvalue weighted by molar-refractivity contribution is -0.384. The quantitative estimate of drug-likeness (QED) is 0.648. The molecule has 0 bridgehead atoms. The van der Waals surface area contributed by atoms with Gasteiger partial charge in [-0.1, -0.05) is 11.6 Å². The molecule has 0 aliphatic rings. The minimum absolute atomic E-state index is 0.0220. The standard InChI is InChI=1S/C10H10ClN3O5/c1-2-19-10(16)13-12-9(15)7-5-6(14(17)18)3-4-8(7)11/h3-5H,2H2,1H3,(H,12,15)(H,13,16). The highest BCUT2D eigenvalue weighted by molar-refractivity contribution is 6.33. The van der Waals surface area contributed by atoms with Crippen LogP contribution in [0.4, 0.5) is 10.5 Å². The monoisotopic (exact) mass is 287 g/mol. The Balaban J connectivity index is 2.79. The fourth-order valence-corrected chi connectivity index (χ4v) is 1.35. The molecule has 0 unspecified atom stereocenters. The number of non-ortho nitro benzene ring substituents is 1. The van der Waals surface area contributed by atoms with E-state index in [0.717, 1.165) is 12.1 Å². The van der Waals surface area contributed by atoms with Crippen molar-refractivity contribution < 1.29 is 19.2 Å². The fraction of sp³-hybridized carbons (Fsp3) is 0.200. The van der Waals surface area contributed by atoms with E-state index in [4.69, 9.17) is 11.6 Å². The number of carbonyl (C=O) groups is 2. The van der Waals surface area contributed by atoms with E-state index in [2.05, 4.69) is 4.74 Å². The summed E-state index contributed by atoms with van der Waals surface area (Å²) in [7, 11) is 0. The van der Waals surface area contributed by atoms with Crippen LogP contribution >= 0.6 is 11.6 Å². The molecule has 8 nitrogen and oxygen atoms in total. The van der Waals surface area contributed by atoms with Crippen LogP contribution in [0.3, 0.4) is 0 Å². The number of nitrogens with one attached hydrogen (secondary N) is 2. The number of ether oxygens (including phenoxy) is 1.